The molecule has 1 aliphatic carbocycles. The topological polar surface area (TPSA) is 97.2 Å². The highest BCUT2D eigenvalue weighted by molar-refractivity contribution is 5.79. The van der Waals surface area contributed by atoms with Crippen molar-refractivity contribution in [1.29, 1.82) is 0 Å². The Morgan fingerprint density at radius 1 is 0.912 bits per heavy atom. The molecule has 0 aliphatic heterocycles. The van der Waals surface area contributed by atoms with Crippen LogP contribution >= 0.6 is 0 Å². The number of hydrogen-bond donors (Lipinski definition) is 3. The number of aliphatic hydroxyl groups excluding tert-OH is 2. The molecule has 34 heavy (non-hydrogen) atoms. The number of fused-ring (bicyclic) bond motifs is 3. The van der Waals surface area contributed by atoms with Crippen LogP contribution in [0.1, 0.15) is 35.1 Å². The van der Waals surface area contributed by atoms with Crippen molar-refractivity contribution in [3.05, 3.63) is 83.4 Å². The van der Waals surface area contributed by atoms with E-state index in [4.69, 9.17) is 14.2 Å². The number of methoxy groups -OCH3 is 2. The van der Waals surface area contributed by atoms with Gasteiger partial charge >= 0.3 is 6.09 Å². The molecule has 0 heterocycles. The number of hydrogen-bond acceptors (Lipinski definition) is 6. The van der Waals surface area contributed by atoms with Gasteiger partial charge < -0.3 is 29.7 Å². The Morgan fingerprint density at radius 3 is 2.15 bits per heavy atom. The first-order valence-electron chi connectivity index (χ1n) is 11.2. The monoisotopic (exact) mass is 463 g/mol. The van der Waals surface area contributed by atoms with Crippen LogP contribution in [0.5, 0.6) is 11.5 Å². The molecule has 2 atom stereocenters. The normalized spacial score (nSPS) is 14.0. The van der Waals surface area contributed by atoms with Gasteiger partial charge in [0.2, 0.25) is 0 Å². The van der Waals surface area contributed by atoms with Gasteiger partial charge in [-0.05, 0) is 46.4 Å². The van der Waals surface area contributed by atoms with Crippen LogP contribution in [0.4, 0.5) is 4.79 Å². The molecule has 0 bridgehead atoms. The van der Waals surface area contributed by atoms with Gasteiger partial charge in [-0.1, -0.05) is 54.6 Å². The van der Waals surface area contributed by atoms with Crippen LogP contribution in [0.25, 0.3) is 11.1 Å². The Morgan fingerprint density at radius 2 is 1.53 bits per heavy atom. The molecule has 0 saturated heterocycles. The van der Waals surface area contributed by atoms with Crippen LogP contribution in [-0.2, 0) is 4.74 Å². The van der Waals surface area contributed by atoms with E-state index in [1.165, 1.54) is 25.3 Å². The number of aliphatic hydroxyl groups is 2. The summed E-state index contributed by atoms with van der Waals surface area (Å²) >= 11 is 0. The number of amides is 1. The Bertz CT molecular complexity index is 1100. The summed E-state index contributed by atoms with van der Waals surface area (Å²) in [5.74, 6) is 0.975. The predicted molar refractivity (Wildman–Crippen MR) is 128 cm³/mol. The third kappa shape index (κ3) is 4.85. The van der Waals surface area contributed by atoms with Crippen molar-refractivity contribution >= 4 is 6.09 Å². The number of ether oxygens (including phenoxy) is 3. The summed E-state index contributed by atoms with van der Waals surface area (Å²) in [5, 5.41) is 23.5. The maximum absolute atomic E-state index is 12.3. The average Bonchev–Trinajstić information content (AvgIpc) is 3.20. The fraction of sp³-hybridized carbons (Fsp3) is 0.296. The van der Waals surface area contributed by atoms with Crippen molar-refractivity contribution in [1.82, 2.24) is 5.32 Å². The lowest BCUT2D eigenvalue weighted by Crippen LogP contribution is -2.30. The second-order valence-electron chi connectivity index (χ2n) is 8.17. The van der Waals surface area contributed by atoms with Gasteiger partial charge in [0, 0.05) is 12.5 Å². The second-order valence-corrected chi connectivity index (χ2v) is 8.17. The first kappa shape index (κ1) is 23.6. The average molecular weight is 464 g/mol. The predicted octanol–water partition coefficient (Wildman–Crippen LogP) is 4.03. The van der Waals surface area contributed by atoms with E-state index in [0.717, 1.165) is 11.1 Å². The number of nitrogens with one attached hydrogen (secondary N) is 1. The third-order valence-corrected chi connectivity index (χ3v) is 6.17. The summed E-state index contributed by atoms with van der Waals surface area (Å²) in [6.45, 7) is 0.374. The zero-order valence-corrected chi connectivity index (χ0v) is 19.2. The molecule has 1 amide bonds. The van der Waals surface area contributed by atoms with E-state index in [2.05, 4.69) is 29.6 Å². The van der Waals surface area contributed by atoms with Crippen LogP contribution in [-0.4, -0.2) is 49.8 Å². The highest BCUT2D eigenvalue weighted by Crippen LogP contribution is 2.44. The molecule has 1 aliphatic rings. The lowest BCUT2D eigenvalue weighted by atomic mass is 9.98. The van der Waals surface area contributed by atoms with Crippen molar-refractivity contribution in [3.8, 4) is 22.6 Å². The summed E-state index contributed by atoms with van der Waals surface area (Å²) in [6, 6.07) is 21.2. The van der Waals surface area contributed by atoms with Crippen LogP contribution < -0.4 is 14.8 Å². The summed E-state index contributed by atoms with van der Waals surface area (Å²) in [6.07, 6.45) is -2.62. The summed E-state index contributed by atoms with van der Waals surface area (Å²) < 4.78 is 15.9. The Labute approximate surface area is 198 Å². The van der Waals surface area contributed by atoms with Gasteiger partial charge in [0.05, 0.1) is 20.3 Å². The van der Waals surface area contributed by atoms with Crippen LogP contribution in [0.2, 0.25) is 0 Å². The van der Waals surface area contributed by atoms with E-state index >= 15 is 0 Å². The van der Waals surface area contributed by atoms with E-state index in [1.54, 1.807) is 18.2 Å². The second kappa shape index (κ2) is 10.6. The molecular weight excluding hydrogens is 434 g/mol. The highest BCUT2D eigenvalue weighted by Gasteiger charge is 2.29. The molecule has 7 heteroatoms. The fourth-order valence-electron chi connectivity index (χ4n) is 4.39. The number of carbonyl (C=O) groups is 1. The van der Waals surface area contributed by atoms with E-state index < -0.39 is 18.3 Å². The van der Waals surface area contributed by atoms with E-state index in [1.807, 2.05) is 24.3 Å². The molecule has 3 aromatic carbocycles. The first-order chi connectivity index (χ1) is 16.5. The quantitative estimate of drug-likeness (QED) is 0.443. The van der Waals surface area contributed by atoms with Gasteiger partial charge in [-0.2, -0.15) is 0 Å². The first-order valence-corrected chi connectivity index (χ1v) is 11.2. The molecule has 0 fully saturated rings. The summed E-state index contributed by atoms with van der Waals surface area (Å²) in [5.41, 5.74) is 5.11. The molecule has 3 aromatic rings. The Kier molecular flexibility index (Phi) is 7.35. The van der Waals surface area contributed by atoms with Gasteiger partial charge in [-0.25, -0.2) is 4.79 Å². The van der Waals surface area contributed by atoms with Crippen molar-refractivity contribution in [2.75, 3.05) is 27.4 Å². The Balaban J connectivity index is 1.28. The minimum Gasteiger partial charge on any atom is -0.493 e. The SMILES string of the molecule is COc1ccc(C(O)C(O)CCNC(=O)OCC2c3ccccc3-c3ccccc32)cc1OC. The van der Waals surface area contributed by atoms with Crippen LogP contribution in [0, 0.1) is 0 Å². The van der Waals surface area contributed by atoms with Gasteiger partial charge in [0.1, 0.15) is 12.7 Å². The number of rotatable bonds is 9. The molecule has 3 N–H and O–H groups in total. The van der Waals surface area contributed by atoms with Gasteiger partial charge in [0.25, 0.3) is 0 Å². The maximum Gasteiger partial charge on any atom is 0.407 e. The van der Waals surface area contributed by atoms with E-state index in [-0.39, 0.29) is 25.5 Å². The molecule has 0 saturated carbocycles. The van der Waals surface area contributed by atoms with Crippen molar-refractivity contribution in [2.24, 2.45) is 0 Å². The summed E-state index contributed by atoms with van der Waals surface area (Å²) in [7, 11) is 3.03. The minimum absolute atomic E-state index is 0.0179. The fourth-order valence-corrected chi connectivity index (χ4v) is 4.39. The smallest absolute Gasteiger partial charge is 0.407 e. The maximum atomic E-state index is 12.3. The molecule has 4 rings (SSSR count). The van der Waals surface area contributed by atoms with Crippen LogP contribution in [0.15, 0.2) is 66.7 Å². The number of benzene rings is 3. The van der Waals surface area contributed by atoms with Crippen molar-refractivity contribution in [2.45, 2.75) is 24.5 Å². The molecule has 0 spiro atoms. The molecule has 0 aromatic heterocycles. The van der Waals surface area contributed by atoms with E-state index in [9.17, 15) is 15.0 Å². The number of carbonyl (C=O) groups excluding carboxylic acids is 1. The van der Waals surface area contributed by atoms with Gasteiger partial charge in [0.15, 0.2) is 11.5 Å². The molecular formula is C27H29NO6. The standard InChI is InChI=1S/C27H29NO6/c1-32-24-12-11-17(15-25(24)33-2)26(30)23(29)13-14-28-27(31)34-16-22-20-9-5-3-7-18(20)19-8-4-6-10-21(19)22/h3-12,15,22-23,26,29-30H,13-14,16H2,1-2H3,(H,28,31). The van der Waals surface area contributed by atoms with Crippen molar-refractivity contribution < 1.29 is 29.2 Å². The molecule has 7 nitrogen and oxygen atoms in total. The van der Waals surface area contributed by atoms with Gasteiger partial charge in [-0.15, -0.1) is 0 Å². The zero-order valence-electron chi connectivity index (χ0n) is 19.2. The molecule has 178 valence electrons. The third-order valence-electron chi connectivity index (χ3n) is 6.17. The molecule has 2 unspecified atom stereocenters. The largest absolute Gasteiger partial charge is 0.493 e. The van der Waals surface area contributed by atoms with Gasteiger partial charge in [-0.3, -0.25) is 0 Å². The number of alkyl carbamates (subject to hydrolysis) is 1. The Hall–Kier alpha value is -3.55. The zero-order chi connectivity index (χ0) is 24.1. The van der Waals surface area contributed by atoms with Crippen LogP contribution in [0.3, 0.4) is 0 Å². The van der Waals surface area contributed by atoms with E-state index in [0.29, 0.717) is 17.1 Å². The minimum atomic E-state index is -1.14. The summed E-state index contributed by atoms with van der Waals surface area (Å²) in [4.78, 5) is 12.3. The lowest BCUT2D eigenvalue weighted by molar-refractivity contribution is 0.0135. The highest BCUT2D eigenvalue weighted by atomic mass is 16.5. The molecule has 0 radical (unpaired) electrons. The lowest BCUT2D eigenvalue weighted by Gasteiger charge is -2.20. The van der Waals surface area contributed by atoms with Crippen molar-refractivity contribution in [3.63, 3.8) is 0 Å².